The highest BCUT2D eigenvalue weighted by Gasteiger charge is 2.24. The van der Waals surface area contributed by atoms with Gasteiger partial charge in [0.15, 0.2) is 0 Å². The predicted octanol–water partition coefficient (Wildman–Crippen LogP) is 5.22. The van der Waals surface area contributed by atoms with Gasteiger partial charge >= 0.3 is 6.09 Å². The van der Waals surface area contributed by atoms with Crippen LogP contribution in [0.15, 0.2) is 28.9 Å². The number of hydrogen-bond acceptors (Lipinski definition) is 2. The molecule has 0 radical (unpaired) electrons. The molecule has 2 aliphatic rings. The molecule has 0 aliphatic heterocycles. The van der Waals surface area contributed by atoms with Crippen molar-refractivity contribution in [3.05, 3.63) is 34.4 Å². The van der Waals surface area contributed by atoms with E-state index in [-0.39, 0.29) is 18.0 Å². The number of carbonyl (C=O) groups excluding carboxylic acids is 1. The van der Waals surface area contributed by atoms with Crippen molar-refractivity contribution in [2.45, 2.75) is 82.8 Å². The van der Waals surface area contributed by atoms with Crippen LogP contribution in [0.25, 0.3) is 10.9 Å². The molecule has 0 bridgehead atoms. The van der Waals surface area contributed by atoms with Crippen LogP contribution in [-0.4, -0.2) is 33.8 Å². The Labute approximate surface area is 191 Å². The van der Waals surface area contributed by atoms with Crippen LogP contribution < -0.4 is 10.6 Å². The molecule has 168 valence electrons. The van der Waals surface area contributed by atoms with Gasteiger partial charge in [0.05, 0.1) is 6.42 Å². The third-order valence-electron chi connectivity index (χ3n) is 6.88. The minimum absolute atomic E-state index is 0.000708. The predicted molar refractivity (Wildman–Crippen MR) is 125 cm³/mol. The van der Waals surface area contributed by atoms with Crippen LogP contribution in [0.1, 0.15) is 63.4 Å². The molecular weight excluding hydrogens is 458 g/mol. The van der Waals surface area contributed by atoms with Crippen LogP contribution in [0.5, 0.6) is 0 Å². The van der Waals surface area contributed by atoms with E-state index in [4.69, 9.17) is 5.11 Å². The number of rotatable bonds is 6. The summed E-state index contributed by atoms with van der Waals surface area (Å²) in [6, 6.07) is 6.48. The number of fused-ring (bicyclic) bond motifs is 1. The fourth-order valence-corrected chi connectivity index (χ4v) is 5.65. The Morgan fingerprint density at radius 3 is 2.35 bits per heavy atom. The number of aromatic nitrogens is 1. The summed E-state index contributed by atoms with van der Waals surface area (Å²) in [7, 11) is 0. The Kier molecular flexibility index (Phi) is 7.20. The van der Waals surface area contributed by atoms with Gasteiger partial charge in [-0.1, -0.05) is 35.2 Å². The first-order valence-corrected chi connectivity index (χ1v) is 12.3. The van der Waals surface area contributed by atoms with Crippen molar-refractivity contribution in [2.24, 2.45) is 5.92 Å². The van der Waals surface area contributed by atoms with Crippen LogP contribution in [0, 0.1) is 5.92 Å². The zero-order chi connectivity index (χ0) is 21.8. The molecule has 2 saturated carbocycles. The van der Waals surface area contributed by atoms with Gasteiger partial charge in [-0.05, 0) is 68.2 Å². The Bertz CT molecular complexity index is 928. The van der Waals surface area contributed by atoms with Crippen LogP contribution in [0.4, 0.5) is 4.79 Å². The first-order valence-electron chi connectivity index (χ1n) is 11.5. The number of carboxylic acid groups (broad SMARTS) is 1. The molecule has 2 fully saturated rings. The van der Waals surface area contributed by atoms with E-state index in [0.717, 1.165) is 53.6 Å². The summed E-state index contributed by atoms with van der Waals surface area (Å²) in [5.41, 5.74) is 2.28. The molecule has 0 spiro atoms. The smallest absolute Gasteiger partial charge is 0.404 e. The molecule has 7 heteroatoms. The lowest BCUT2D eigenvalue weighted by Crippen LogP contribution is -2.43. The van der Waals surface area contributed by atoms with Gasteiger partial charge in [-0.15, -0.1) is 0 Å². The fraction of sp³-hybridized carbons (Fsp3) is 0.583. The van der Waals surface area contributed by atoms with E-state index < -0.39 is 6.09 Å². The van der Waals surface area contributed by atoms with Crippen molar-refractivity contribution in [1.82, 2.24) is 15.2 Å². The number of benzene rings is 1. The topological polar surface area (TPSA) is 83.4 Å². The molecule has 2 aliphatic carbocycles. The van der Waals surface area contributed by atoms with E-state index in [0.29, 0.717) is 6.42 Å². The molecule has 1 aromatic carbocycles. The highest BCUT2D eigenvalue weighted by Crippen LogP contribution is 2.30. The first kappa shape index (κ1) is 22.2. The van der Waals surface area contributed by atoms with Crippen LogP contribution in [0.2, 0.25) is 0 Å². The molecule has 0 saturated heterocycles. The Morgan fingerprint density at radius 2 is 1.68 bits per heavy atom. The second kappa shape index (κ2) is 10.1. The van der Waals surface area contributed by atoms with Gasteiger partial charge < -0.3 is 20.3 Å². The van der Waals surface area contributed by atoms with E-state index in [1.165, 1.54) is 37.6 Å². The van der Waals surface area contributed by atoms with Gasteiger partial charge in [-0.25, -0.2) is 4.79 Å². The van der Waals surface area contributed by atoms with Gasteiger partial charge in [-0.3, -0.25) is 4.79 Å². The van der Waals surface area contributed by atoms with Crippen molar-refractivity contribution < 1.29 is 14.7 Å². The Morgan fingerprint density at radius 1 is 1.00 bits per heavy atom. The molecule has 2 aromatic rings. The van der Waals surface area contributed by atoms with E-state index in [9.17, 15) is 9.59 Å². The molecule has 1 aromatic heterocycles. The zero-order valence-electron chi connectivity index (χ0n) is 17.9. The maximum absolute atomic E-state index is 12.8. The molecule has 31 heavy (non-hydrogen) atoms. The van der Waals surface area contributed by atoms with Crippen molar-refractivity contribution >= 4 is 38.8 Å². The monoisotopic (exact) mass is 489 g/mol. The normalized spacial score (nSPS) is 22.4. The first-order chi connectivity index (χ1) is 15.0. The average Bonchev–Trinajstić information content (AvgIpc) is 3.06. The molecule has 3 N–H and O–H groups in total. The number of halogens is 1. The summed E-state index contributed by atoms with van der Waals surface area (Å²) in [6.45, 7) is 1.03. The quantitative estimate of drug-likeness (QED) is 0.519. The molecule has 4 rings (SSSR count). The molecule has 0 atom stereocenters. The van der Waals surface area contributed by atoms with E-state index in [2.05, 4.69) is 55.5 Å². The minimum atomic E-state index is -0.969. The molecule has 1 heterocycles. The summed E-state index contributed by atoms with van der Waals surface area (Å²) < 4.78 is 3.38. The lowest BCUT2D eigenvalue weighted by atomic mass is 9.89. The molecule has 6 nitrogen and oxygen atoms in total. The summed E-state index contributed by atoms with van der Waals surface area (Å²) in [5, 5.41) is 15.7. The van der Waals surface area contributed by atoms with Crippen molar-refractivity contribution in [3.8, 4) is 0 Å². The third kappa shape index (κ3) is 5.82. The summed E-state index contributed by atoms with van der Waals surface area (Å²) in [6.07, 6.45) is 11.4. The number of hydrogen-bond donors (Lipinski definition) is 3. The maximum Gasteiger partial charge on any atom is 0.404 e. The van der Waals surface area contributed by atoms with Crippen LogP contribution >= 0.6 is 15.9 Å². The summed E-state index contributed by atoms with van der Waals surface area (Å²) in [4.78, 5) is 23.6. The molecule has 0 unspecified atom stereocenters. The van der Waals surface area contributed by atoms with E-state index in [1.54, 1.807) is 0 Å². The number of amides is 2. The zero-order valence-corrected chi connectivity index (χ0v) is 19.5. The second-order valence-corrected chi connectivity index (χ2v) is 10.1. The molecule has 2 amide bonds. The largest absolute Gasteiger partial charge is 0.465 e. The summed E-state index contributed by atoms with van der Waals surface area (Å²) >= 11 is 3.59. The van der Waals surface area contributed by atoms with E-state index >= 15 is 0 Å². The molecular formula is C24H32BrN3O3. The van der Waals surface area contributed by atoms with Crippen LogP contribution in [-0.2, 0) is 17.8 Å². The van der Waals surface area contributed by atoms with Crippen molar-refractivity contribution in [3.63, 3.8) is 0 Å². The third-order valence-corrected chi connectivity index (χ3v) is 7.37. The van der Waals surface area contributed by atoms with Gasteiger partial charge in [0.2, 0.25) is 5.91 Å². The number of nitrogens with one attached hydrogen (secondary N) is 2. The lowest BCUT2D eigenvalue weighted by Gasteiger charge is -2.28. The van der Waals surface area contributed by atoms with E-state index in [1.807, 2.05) is 0 Å². The highest BCUT2D eigenvalue weighted by atomic mass is 79.9. The van der Waals surface area contributed by atoms with Gasteiger partial charge in [0.25, 0.3) is 0 Å². The SMILES string of the molecule is O=C(O)NC1CCC(NC(=O)Cc2cn(CC3CCCCC3)c3ccc(Br)cc23)CC1. The minimum Gasteiger partial charge on any atom is -0.465 e. The van der Waals surface area contributed by atoms with Crippen molar-refractivity contribution in [1.29, 1.82) is 0 Å². The standard InChI is InChI=1S/C24H32BrN3O3/c25-18-6-11-22-21(13-18)17(15-28(22)14-16-4-2-1-3-5-16)12-23(29)26-19-7-9-20(10-8-19)27-24(30)31/h6,11,13,15-16,19-20,27H,1-5,7-10,12,14H2,(H,26,29)(H,30,31). The van der Waals surface area contributed by atoms with Crippen LogP contribution in [0.3, 0.4) is 0 Å². The summed E-state index contributed by atoms with van der Waals surface area (Å²) in [5.74, 6) is 0.774. The van der Waals surface area contributed by atoms with Gasteiger partial charge in [0, 0.05) is 40.2 Å². The number of nitrogens with zero attached hydrogens (tertiary/aromatic N) is 1. The maximum atomic E-state index is 12.8. The highest BCUT2D eigenvalue weighted by molar-refractivity contribution is 9.10. The Hall–Kier alpha value is -2.02. The fourth-order valence-electron chi connectivity index (χ4n) is 5.29. The van der Waals surface area contributed by atoms with Crippen molar-refractivity contribution in [2.75, 3.05) is 0 Å². The average molecular weight is 490 g/mol. The Balaban J connectivity index is 1.41. The number of carbonyl (C=O) groups is 2. The lowest BCUT2D eigenvalue weighted by molar-refractivity contribution is -0.121. The van der Waals surface area contributed by atoms with Gasteiger partial charge in [-0.2, -0.15) is 0 Å². The van der Waals surface area contributed by atoms with Gasteiger partial charge in [0.1, 0.15) is 0 Å². The second-order valence-electron chi connectivity index (χ2n) is 9.21.